The Morgan fingerprint density at radius 3 is 2.17 bits per heavy atom. The second kappa shape index (κ2) is 8.88. The average molecular weight is 547 g/mol. The summed E-state index contributed by atoms with van der Waals surface area (Å²) >= 11 is 0. The van der Waals surface area contributed by atoms with Crippen molar-refractivity contribution in [3.8, 4) is 5.75 Å². The molecule has 8 heteroatoms. The van der Waals surface area contributed by atoms with Crippen molar-refractivity contribution in [3.63, 3.8) is 0 Å². The molecule has 6 atom stereocenters. The van der Waals surface area contributed by atoms with Crippen LogP contribution < -0.4 is 0 Å². The Hall–Kier alpha value is -3.75. The molecule has 0 bridgehead atoms. The van der Waals surface area contributed by atoms with Crippen LogP contribution in [0.25, 0.3) is 5.76 Å². The third-order valence-corrected chi connectivity index (χ3v) is 9.71. The van der Waals surface area contributed by atoms with Gasteiger partial charge in [-0.05, 0) is 36.5 Å². The number of aromatic hydroxyl groups is 1. The van der Waals surface area contributed by atoms with E-state index < -0.39 is 74.7 Å². The lowest BCUT2D eigenvalue weighted by atomic mass is 9.40. The normalized spacial score (nSPS) is 33.5. The second-order valence-electron chi connectivity index (χ2n) is 12.1. The zero-order valence-corrected chi connectivity index (χ0v) is 23.1. The molecule has 1 fully saturated rings. The molecule has 2 aromatic rings. The van der Waals surface area contributed by atoms with E-state index in [1.165, 1.54) is 13.0 Å². The summed E-state index contributed by atoms with van der Waals surface area (Å²) in [6.07, 6.45) is -1.39. The summed E-state index contributed by atoms with van der Waals surface area (Å²) in [6, 6.07) is 14.0. The van der Waals surface area contributed by atoms with Gasteiger partial charge in [-0.15, -0.1) is 0 Å². The molecule has 5 rings (SSSR count). The van der Waals surface area contributed by atoms with E-state index in [0.717, 1.165) is 12.5 Å². The lowest BCUT2D eigenvalue weighted by Gasteiger charge is -2.64. The van der Waals surface area contributed by atoms with Crippen LogP contribution in [0.15, 0.2) is 65.4 Å². The van der Waals surface area contributed by atoms with Crippen molar-refractivity contribution < 1.29 is 39.9 Å². The standard InChI is InChI=1S/C32H34O8/c1-15(2)23-25(35)21(16(3)33)27(37)32(40)28(38)24-26(36)22-18(12-9-13-20(22)34)19(14-17-10-7-6-8-11-17)30(24,4)29(39)31(23,32)5/h6-13,15,19,23,29,34,36-37,39-40H,14H2,1-5H3/t19?,23?,29-,30+,31+,32+/m1/s1. The monoisotopic (exact) mass is 546 g/mol. The number of aliphatic hydroxyl groups is 4. The fourth-order valence-corrected chi connectivity index (χ4v) is 7.90. The predicted octanol–water partition coefficient (Wildman–Crippen LogP) is 3.94. The average Bonchev–Trinajstić information content (AvgIpc) is 2.88. The SMILES string of the molecule is CC(=O)C1=C(O)[C@]2(O)C(=O)C3=C(O)c4c(O)cccc4C(Cc4ccccc4)[C@]3(C)[C@@H](O)[C@]2(C)C(C(C)C)C1=O. The highest BCUT2D eigenvalue weighted by molar-refractivity contribution is 6.24. The van der Waals surface area contributed by atoms with Gasteiger partial charge in [0.1, 0.15) is 22.8 Å². The van der Waals surface area contributed by atoms with Crippen molar-refractivity contribution in [2.24, 2.45) is 22.7 Å². The summed E-state index contributed by atoms with van der Waals surface area (Å²) < 4.78 is 0. The number of benzene rings is 2. The summed E-state index contributed by atoms with van der Waals surface area (Å²) in [4.78, 5) is 40.9. The molecule has 3 aliphatic carbocycles. The number of phenolic OH excluding ortho intramolecular Hbond substituents is 1. The number of allylic oxidation sites excluding steroid dienone is 1. The molecular formula is C32H34O8. The van der Waals surface area contributed by atoms with Crippen LogP contribution in [-0.2, 0) is 20.8 Å². The van der Waals surface area contributed by atoms with Crippen LogP contribution in [0.5, 0.6) is 5.75 Å². The van der Waals surface area contributed by atoms with Gasteiger partial charge >= 0.3 is 0 Å². The number of hydrogen-bond acceptors (Lipinski definition) is 8. The van der Waals surface area contributed by atoms with E-state index in [1.807, 2.05) is 30.3 Å². The first-order valence-corrected chi connectivity index (χ1v) is 13.4. The zero-order valence-electron chi connectivity index (χ0n) is 23.1. The molecule has 0 aromatic heterocycles. The number of rotatable bonds is 4. The number of phenols is 1. The minimum Gasteiger partial charge on any atom is -0.508 e. The van der Waals surface area contributed by atoms with Crippen molar-refractivity contribution in [2.45, 2.75) is 58.7 Å². The first kappa shape index (κ1) is 27.8. The maximum absolute atomic E-state index is 14.6. The van der Waals surface area contributed by atoms with E-state index in [1.54, 1.807) is 32.9 Å². The molecule has 0 radical (unpaired) electrons. The van der Waals surface area contributed by atoms with E-state index in [0.29, 0.717) is 5.56 Å². The highest BCUT2D eigenvalue weighted by Crippen LogP contribution is 2.68. The van der Waals surface area contributed by atoms with Crippen molar-refractivity contribution in [1.82, 2.24) is 0 Å². The fraction of sp³-hybridized carbons (Fsp3) is 0.406. The molecule has 3 aliphatic rings. The molecule has 8 nitrogen and oxygen atoms in total. The Balaban J connectivity index is 1.90. The highest BCUT2D eigenvalue weighted by Gasteiger charge is 2.77. The molecule has 0 aliphatic heterocycles. The topological polar surface area (TPSA) is 152 Å². The Bertz CT molecular complexity index is 1520. The molecule has 0 amide bonds. The van der Waals surface area contributed by atoms with Crippen molar-refractivity contribution in [2.75, 3.05) is 0 Å². The lowest BCUT2D eigenvalue weighted by Crippen LogP contribution is -2.75. The summed E-state index contributed by atoms with van der Waals surface area (Å²) in [5, 5.41) is 58.4. The van der Waals surface area contributed by atoms with Crippen LogP contribution in [0.1, 0.15) is 57.2 Å². The molecule has 0 spiro atoms. The molecular weight excluding hydrogens is 512 g/mol. The molecule has 210 valence electrons. The minimum atomic E-state index is -2.90. The van der Waals surface area contributed by atoms with Crippen molar-refractivity contribution in [3.05, 3.63) is 82.1 Å². The van der Waals surface area contributed by atoms with Crippen molar-refractivity contribution >= 4 is 23.1 Å². The van der Waals surface area contributed by atoms with Crippen LogP contribution in [-0.4, -0.2) is 54.6 Å². The summed E-state index contributed by atoms with van der Waals surface area (Å²) in [7, 11) is 0. The summed E-state index contributed by atoms with van der Waals surface area (Å²) in [5.41, 5.74) is -6.20. The zero-order chi connectivity index (χ0) is 29.5. The van der Waals surface area contributed by atoms with Crippen LogP contribution in [0, 0.1) is 22.7 Å². The first-order valence-electron chi connectivity index (χ1n) is 13.4. The summed E-state index contributed by atoms with van der Waals surface area (Å²) in [5.74, 6) is -7.24. The number of aliphatic hydroxyl groups excluding tert-OH is 3. The van der Waals surface area contributed by atoms with Crippen molar-refractivity contribution in [1.29, 1.82) is 0 Å². The molecule has 40 heavy (non-hydrogen) atoms. The number of hydrogen-bond donors (Lipinski definition) is 5. The number of carbonyl (C=O) groups excluding carboxylic acids is 3. The number of ketones is 3. The maximum atomic E-state index is 14.6. The molecule has 2 aromatic carbocycles. The predicted molar refractivity (Wildman–Crippen MR) is 146 cm³/mol. The first-order chi connectivity index (χ1) is 18.7. The summed E-state index contributed by atoms with van der Waals surface area (Å²) in [6.45, 7) is 7.43. The maximum Gasteiger partial charge on any atom is 0.203 e. The van der Waals surface area contributed by atoms with Gasteiger partial charge in [0.25, 0.3) is 0 Å². The van der Waals surface area contributed by atoms with E-state index >= 15 is 0 Å². The van der Waals surface area contributed by atoms with Gasteiger partial charge in [-0.1, -0.05) is 70.2 Å². The Morgan fingerprint density at radius 2 is 1.60 bits per heavy atom. The van der Waals surface area contributed by atoms with E-state index in [-0.39, 0.29) is 23.3 Å². The van der Waals surface area contributed by atoms with Crippen LogP contribution in [0.4, 0.5) is 0 Å². The van der Waals surface area contributed by atoms with Gasteiger partial charge in [-0.3, -0.25) is 14.4 Å². The number of fused-ring (bicyclic) bond motifs is 3. The van der Waals surface area contributed by atoms with E-state index in [9.17, 15) is 39.9 Å². The van der Waals surface area contributed by atoms with Gasteiger partial charge in [-0.2, -0.15) is 0 Å². The number of Topliss-reactive ketones (excluding diaryl/α,β-unsaturated/α-hetero) is 3. The van der Waals surface area contributed by atoms with E-state index in [4.69, 9.17) is 0 Å². The van der Waals surface area contributed by atoms with Crippen LogP contribution in [0.2, 0.25) is 0 Å². The Labute approximate surface area is 232 Å². The van der Waals surface area contributed by atoms with Crippen LogP contribution in [0.3, 0.4) is 0 Å². The molecule has 0 heterocycles. The Morgan fingerprint density at radius 1 is 0.975 bits per heavy atom. The third kappa shape index (κ3) is 3.17. The fourth-order valence-electron chi connectivity index (χ4n) is 7.90. The molecule has 5 N–H and O–H groups in total. The van der Waals surface area contributed by atoms with Gasteiger partial charge in [0.15, 0.2) is 17.2 Å². The Kier molecular flexibility index (Phi) is 6.17. The third-order valence-electron chi connectivity index (χ3n) is 9.71. The largest absolute Gasteiger partial charge is 0.508 e. The highest BCUT2D eigenvalue weighted by atomic mass is 16.4. The lowest BCUT2D eigenvalue weighted by molar-refractivity contribution is -0.216. The number of carbonyl (C=O) groups is 3. The van der Waals surface area contributed by atoms with E-state index in [2.05, 4.69) is 0 Å². The second-order valence-corrected chi connectivity index (χ2v) is 12.1. The van der Waals surface area contributed by atoms with Gasteiger partial charge in [0.2, 0.25) is 5.78 Å². The molecule has 0 saturated heterocycles. The van der Waals surface area contributed by atoms with Crippen LogP contribution >= 0.6 is 0 Å². The smallest absolute Gasteiger partial charge is 0.203 e. The van der Waals surface area contributed by atoms with Gasteiger partial charge in [0, 0.05) is 22.7 Å². The minimum absolute atomic E-state index is 0.00813. The van der Waals surface area contributed by atoms with Gasteiger partial charge < -0.3 is 25.5 Å². The molecule has 2 unspecified atom stereocenters. The van der Waals surface area contributed by atoms with Gasteiger partial charge in [-0.25, -0.2) is 0 Å². The van der Waals surface area contributed by atoms with Gasteiger partial charge in [0.05, 0.1) is 17.2 Å². The quantitative estimate of drug-likeness (QED) is 0.362. The molecule has 1 saturated carbocycles.